The summed E-state index contributed by atoms with van der Waals surface area (Å²) in [4.78, 5) is 12.8. The summed E-state index contributed by atoms with van der Waals surface area (Å²) in [5.74, 6) is 0.308. The van der Waals surface area contributed by atoms with Crippen LogP contribution < -0.4 is 0 Å². The van der Waals surface area contributed by atoms with E-state index in [-0.39, 0.29) is 11.7 Å². The second-order valence-electron chi connectivity index (χ2n) is 5.47. The van der Waals surface area contributed by atoms with Crippen LogP contribution in [0.5, 0.6) is 5.88 Å². The molecule has 3 aromatic rings. The Kier molecular flexibility index (Phi) is 4.24. The molecule has 0 unspecified atom stereocenters. The Morgan fingerprint density at radius 3 is 2.85 bits per heavy atom. The molecule has 7 heteroatoms. The molecule has 4 rings (SSSR count). The zero-order chi connectivity index (χ0) is 18.1. The number of carbonyl (C=O) groups excluding carboxylic acids is 1. The van der Waals surface area contributed by atoms with Crippen LogP contribution >= 0.6 is 23.6 Å². The van der Waals surface area contributed by atoms with E-state index in [1.54, 1.807) is 24.3 Å². The van der Waals surface area contributed by atoms with Crippen molar-refractivity contribution in [2.75, 3.05) is 0 Å². The van der Waals surface area contributed by atoms with E-state index >= 15 is 0 Å². The number of hydrogen-bond acceptors (Lipinski definition) is 6. The molecule has 0 aliphatic heterocycles. The third-order valence-corrected chi connectivity index (χ3v) is 5.13. The van der Waals surface area contributed by atoms with Crippen molar-refractivity contribution >= 4 is 53.3 Å². The summed E-state index contributed by atoms with van der Waals surface area (Å²) in [6.07, 6.45) is 7.96. The minimum absolute atomic E-state index is 0.116. The van der Waals surface area contributed by atoms with Gasteiger partial charge in [-0.3, -0.25) is 4.79 Å². The maximum atomic E-state index is 12.3. The lowest BCUT2D eigenvalue weighted by molar-refractivity contribution is -0.109. The fraction of sp³-hybridized carbons (Fsp3) is 0. The molecule has 0 spiro atoms. The second kappa shape index (κ2) is 6.70. The molecule has 2 heterocycles. The molecule has 0 fully saturated rings. The number of allylic oxidation sites excluding steroid dienone is 2. The third kappa shape index (κ3) is 2.98. The molecule has 1 aliphatic carbocycles. The SMILES string of the molecule is O=C1C=Cc2ccccc2/C1=C/c1sc(=S)n(N=Cc2ccco2)c1O. The summed E-state index contributed by atoms with van der Waals surface area (Å²) in [6.45, 7) is 0. The lowest BCUT2D eigenvalue weighted by atomic mass is 9.91. The number of fused-ring (bicyclic) bond motifs is 1. The molecule has 128 valence electrons. The Morgan fingerprint density at radius 1 is 1.19 bits per heavy atom. The van der Waals surface area contributed by atoms with Crippen LogP contribution in [0.15, 0.2) is 58.3 Å². The predicted molar refractivity (Wildman–Crippen MR) is 105 cm³/mol. The fourth-order valence-electron chi connectivity index (χ4n) is 2.60. The number of aromatic hydroxyl groups is 1. The number of furan rings is 1. The molecular weight excluding hydrogens is 368 g/mol. The van der Waals surface area contributed by atoms with Gasteiger partial charge in [-0.15, -0.1) is 0 Å². The maximum absolute atomic E-state index is 12.3. The first-order valence-corrected chi connectivity index (χ1v) is 8.92. The molecule has 0 amide bonds. The standard InChI is InChI=1S/C19H12N2O3S2/c22-16-8-7-12-4-1-2-6-14(12)15(16)10-17-18(23)21(19(25)26-17)20-11-13-5-3-9-24-13/h1-11,23H/b15-10-,20-11?. The van der Waals surface area contributed by atoms with Crippen LogP contribution in [0.2, 0.25) is 0 Å². The highest BCUT2D eigenvalue weighted by atomic mass is 32.1. The van der Waals surface area contributed by atoms with Crippen LogP contribution in [0, 0.1) is 3.95 Å². The molecule has 0 saturated carbocycles. The summed E-state index contributed by atoms with van der Waals surface area (Å²) in [7, 11) is 0. The van der Waals surface area contributed by atoms with Gasteiger partial charge in [-0.25, -0.2) is 0 Å². The Morgan fingerprint density at radius 2 is 2.04 bits per heavy atom. The highest BCUT2D eigenvalue weighted by molar-refractivity contribution is 7.73. The molecule has 0 radical (unpaired) electrons. The van der Waals surface area contributed by atoms with Crippen LogP contribution in [0.25, 0.3) is 17.7 Å². The minimum atomic E-state index is -0.118. The summed E-state index contributed by atoms with van der Waals surface area (Å²) in [5, 5.41) is 14.6. The molecule has 26 heavy (non-hydrogen) atoms. The van der Waals surface area contributed by atoms with Crippen molar-refractivity contribution in [3.05, 3.63) is 74.5 Å². The highest BCUT2D eigenvalue weighted by Crippen LogP contribution is 2.33. The minimum Gasteiger partial charge on any atom is -0.492 e. The molecule has 1 aliphatic rings. The Balaban J connectivity index is 1.77. The normalized spacial score (nSPS) is 15.1. The number of aromatic nitrogens is 1. The van der Waals surface area contributed by atoms with Crippen LogP contribution in [0.3, 0.4) is 0 Å². The lowest BCUT2D eigenvalue weighted by Crippen LogP contribution is -2.04. The van der Waals surface area contributed by atoms with E-state index in [2.05, 4.69) is 5.10 Å². The van der Waals surface area contributed by atoms with E-state index in [0.29, 0.717) is 20.2 Å². The Labute approximate surface area is 157 Å². The van der Waals surface area contributed by atoms with Gasteiger partial charge in [0.2, 0.25) is 5.88 Å². The number of carbonyl (C=O) groups is 1. The van der Waals surface area contributed by atoms with Crippen molar-refractivity contribution in [1.29, 1.82) is 0 Å². The second-order valence-corrected chi connectivity index (χ2v) is 7.15. The zero-order valence-electron chi connectivity index (χ0n) is 13.3. The average molecular weight is 380 g/mol. The van der Waals surface area contributed by atoms with Crippen LogP contribution in [0.4, 0.5) is 0 Å². The van der Waals surface area contributed by atoms with E-state index in [4.69, 9.17) is 16.6 Å². The summed E-state index contributed by atoms with van der Waals surface area (Å²) < 4.78 is 6.78. The van der Waals surface area contributed by atoms with Gasteiger partial charge in [0, 0.05) is 5.57 Å². The van der Waals surface area contributed by atoms with Gasteiger partial charge in [0.25, 0.3) is 0 Å². The molecule has 5 nitrogen and oxygen atoms in total. The molecule has 2 aromatic heterocycles. The smallest absolute Gasteiger partial charge is 0.232 e. The fourth-order valence-corrected chi connectivity index (χ4v) is 3.77. The summed E-state index contributed by atoms with van der Waals surface area (Å²) in [5.41, 5.74) is 2.29. The van der Waals surface area contributed by atoms with Gasteiger partial charge in [-0.05, 0) is 47.6 Å². The Hall–Kier alpha value is -3.03. The molecule has 1 N–H and O–H groups in total. The summed E-state index contributed by atoms with van der Waals surface area (Å²) in [6, 6.07) is 11.1. The van der Waals surface area contributed by atoms with Gasteiger partial charge in [0.1, 0.15) is 5.76 Å². The average Bonchev–Trinajstić information content (AvgIpc) is 3.25. The van der Waals surface area contributed by atoms with E-state index in [9.17, 15) is 9.90 Å². The van der Waals surface area contributed by atoms with E-state index in [1.165, 1.54) is 34.6 Å². The molecule has 1 aromatic carbocycles. The monoisotopic (exact) mass is 380 g/mol. The van der Waals surface area contributed by atoms with Gasteiger partial charge in [0.15, 0.2) is 9.74 Å². The predicted octanol–water partition coefficient (Wildman–Crippen LogP) is 4.60. The molecular formula is C19H12N2O3S2. The van der Waals surface area contributed by atoms with Gasteiger partial charge >= 0.3 is 0 Å². The van der Waals surface area contributed by atoms with E-state index in [1.807, 2.05) is 24.3 Å². The topological polar surface area (TPSA) is 67.7 Å². The van der Waals surface area contributed by atoms with Crippen molar-refractivity contribution in [2.45, 2.75) is 0 Å². The number of rotatable bonds is 3. The van der Waals surface area contributed by atoms with Crippen LogP contribution in [-0.2, 0) is 4.79 Å². The van der Waals surface area contributed by atoms with Crippen LogP contribution in [-0.4, -0.2) is 21.8 Å². The highest BCUT2D eigenvalue weighted by Gasteiger charge is 2.19. The van der Waals surface area contributed by atoms with Crippen molar-refractivity contribution in [3.8, 4) is 5.88 Å². The van der Waals surface area contributed by atoms with Gasteiger partial charge in [-0.1, -0.05) is 41.7 Å². The number of nitrogens with zero attached hydrogens (tertiary/aromatic N) is 2. The van der Waals surface area contributed by atoms with E-state index in [0.717, 1.165) is 11.1 Å². The lowest BCUT2D eigenvalue weighted by Gasteiger charge is -2.12. The number of benzene rings is 1. The molecule has 0 saturated heterocycles. The van der Waals surface area contributed by atoms with Gasteiger partial charge in [-0.2, -0.15) is 9.78 Å². The number of thiazole rings is 1. The Bertz CT molecular complexity index is 1130. The first-order chi connectivity index (χ1) is 12.6. The van der Waals surface area contributed by atoms with Gasteiger partial charge < -0.3 is 9.52 Å². The quantitative estimate of drug-likeness (QED) is 0.410. The largest absolute Gasteiger partial charge is 0.492 e. The van der Waals surface area contributed by atoms with Crippen molar-refractivity contribution in [1.82, 2.24) is 4.68 Å². The van der Waals surface area contributed by atoms with Crippen molar-refractivity contribution in [2.24, 2.45) is 5.10 Å². The first kappa shape index (κ1) is 16.4. The molecule has 0 bridgehead atoms. The molecule has 0 atom stereocenters. The first-order valence-electron chi connectivity index (χ1n) is 7.69. The van der Waals surface area contributed by atoms with Gasteiger partial charge in [0.05, 0.1) is 17.4 Å². The van der Waals surface area contributed by atoms with Crippen molar-refractivity contribution in [3.63, 3.8) is 0 Å². The maximum Gasteiger partial charge on any atom is 0.232 e. The van der Waals surface area contributed by atoms with Crippen molar-refractivity contribution < 1.29 is 14.3 Å². The number of ketones is 1. The van der Waals surface area contributed by atoms with E-state index < -0.39 is 0 Å². The zero-order valence-corrected chi connectivity index (χ0v) is 15.0. The number of hydrogen-bond donors (Lipinski definition) is 1. The van der Waals surface area contributed by atoms with Crippen LogP contribution in [0.1, 0.15) is 21.8 Å². The summed E-state index contributed by atoms with van der Waals surface area (Å²) >= 11 is 6.46. The third-order valence-electron chi connectivity index (χ3n) is 3.84.